The number of hydrogen-bond acceptors (Lipinski definition) is 8. The van der Waals surface area contributed by atoms with Crippen molar-refractivity contribution in [2.75, 3.05) is 65.1 Å². The molecule has 42 heavy (non-hydrogen) atoms. The maximum atomic E-state index is 13.7. The molecule has 10 nitrogen and oxygen atoms in total. The fourth-order valence-corrected chi connectivity index (χ4v) is 5.29. The Morgan fingerprint density at radius 3 is 2.50 bits per heavy atom. The molecule has 0 radical (unpaired) electrons. The number of methoxy groups -OCH3 is 1. The highest BCUT2D eigenvalue weighted by Gasteiger charge is 2.32. The number of rotatable bonds is 8. The molecule has 12 heteroatoms. The van der Waals surface area contributed by atoms with Crippen LogP contribution < -0.4 is 9.64 Å². The number of aromatic nitrogens is 1. The third-order valence-corrected chi connectivity index (χ3v) is 8.13. The molecule has 1 atom stereocenters. The summed E-state index contributed by atoms with van der Waals surface area (Å²) in [6.07, 6.45) is 1.56. The number of halogens is 2. The van der Waals surface area contributed by atoms with Gasteiger partial charge in [0, 0.05) is 44.5 Å². The molecule has 2 aromatic carbocycles. The number of hydrogen-bond donors (Lipinski definition) is 0. The molecule has 0 bridgehead atoms. The summed E-state index contributed by atoms with van der Waals surface area (Å²) in [6.45, 7) is 2.92. The van der Waals surface area contributed by atoms with Gasteiger partial charge in [-0.15, -0.1) is 0 Å². The highest BCUT2D eigenvalue weighted by molar-refractivity contribution is 6.42. The Bertz CT molecular complexity index is 1480. The molecule has 1 aromatic heterocycles. The Morgan fingerprint density at radius 1 is 1.07 bits per heavy atom. The molecule has 0 saturated carbocycles. The minimum atomic E-state index is -0.437. The molecule has 220 valence electrons. The molecular weight excluding hydrogens is 583 g/mol. The van der Waals surface area contributed by atoms with E-state index in [1.165, 1.54) is 18.1 Å². The normalized spacial score (nSPS) is 15.9. The van der Waals surface area contributed by atoms with Gasteiger partial charge in [0.25, 0.3) is 5.91 Å². The fourth-order valence-electron chi connectivity index (χ4n) is 4.98. The first-order valence-corrected chi connectivity index (χ1v) is 14.1. The number of benzene rings is 2. The lowest BCUT2D eigenvalue weighted by Crippen LogP contribution is -2.48. The minimum absolute atomic E-state index is 0.189. The molecule has 0 spiro atoms. The van der Waals surface area contributed by atoms with E-state index in [4.69, 9.17) is 37.4 Å². The van der Waals surface area contributed by atoms with Gasteiger partial charge in [0.05, 0.1) is 53.4 Å². The average Bonchev–Trinajstić information content (AvgIpc) is 3.02. The Morgan fingerprint density at radius 2 is 1.79 bits per heavy atom. The van der Waals surface area contributed by atoms with E-state index in [-0.39, 0.29) is 36.0 Å². The molecule has 0 aliphatic carbocycles. The van der Waals surface area contributed by atoms with Crippen molar-refractivity contribution in [2.45, 2.75) is 6.04 Å². The predicted molar refractivity (Wildman–Crippen MR) is 158 cm³/mol. The number of amides is 2. The van der Waals surface area contributed by atoms with Crippen molar-refractivity contribution in [3.05, 3.63) is 75.9 Å². The summed E-state index contributed by atoms with van der Waals surface area (Å²) in [5.74, 6) is -0.645. The Labute approximate surface area is 253 Å². The topological polar surface area (TPSA) is 102 Å². The van der Waals surface area contributed by atoms with E-state index < -0.39 is 5.97 Å². The van der Waals surface area contributed by atoms with Gasteiger partial charge in [-0.2, -0.15) is 0 Å². The lowest BCUT2D eigenvalue weighted by molar-refractivity contribution is -0.133. The maximum absolute atomic E-state index is 13.7. The summed E-state index contributed by atoms with van der Waals surface area (Å²) in [4.78, 5) is 48.2. The van der Waals surface area contributed by atoms with Crippen LogP contribution >= 0.6 is 23.2 Å². The Hall–Kier alpha value is -3.70. The lowest BCUT2D eigenvalue weighted by Gasteiger charge is -2.37. The highest BCUT2D eigenvalue weighted by Crippen LogP contribution is 2.39. The fraction of sp³-hybridized carbons (Fsp3) is 0.333. The molecule has 1 unspecified atom stereocenters. The predicted octanol–water partition coefficient (Wildman–Crippen LogP) is 4.10. The van der Waals surface area contributed by atoms with Crippen LogP contribution in [0.25, 0.3) is 11.3 Å². The van der Waals surface area contributed by atoms with Gasteiger partial charge in [-0.25, -0.2) is 4.79 Å². The van der Waals surface area contributed by atoms with E-state index in [0.29, 0.717) is 47.5 Å². The van der Waals surface area contributed by atoms with Gasteiger partial charge in [-0.05, 0) is 23.8 Å². The number of pyridine rings is 1. The number of nitrogens with zero attached hydrogens (tertiary/aromatic N) is 4. The van der Waals surface area contributed by atoms with Crippen molar-refractivity contribution in [3.8, 4) is 17.0 Å². The molecule has 2 aliphatic heterocycles. The molecule has 0 N–H and O–H groups in total. The van der Waals surface area contributed by atoms with Gasteiger partial charge in [0.15, 0.2) is 6.61 Å². The van der Waals surface area contributed by atoms with Crippen LogP contribution in [-0.4, -0.2) is 92.7 Å². The van der Waals surface area contributed by atoms with E-state index in [2.05, 4.69) is 9.88 Å². The van der Waals surface area contributed by atoms with E-state index >= 15 is 0 Å². The minimum Gasteiger partial charge on any atom is -0.482 e. The second kappa shape index (κ2) is 13.1. The summed E-state index contributed by atoms with van der Waals surface area (Å²) in [6, 6.07) is 13.8. The number of ether oxygens (including phenoxy) is 3. The van der Waals surface area contributed by atoms with Gasteiger partial charge in [0.1, 0.15) is 12.3 Å². The monoisotopic (exact) mass is 612 g/mol. The van der Waals surface area contributed by atoms with Gasteiger partial charge in [-0.3, -0.25) is 24.4 Å². The summed E-state index contributed by atoms with van der Waals surface area (Å²) in [5, 5.41) is 0.561. The largest absolute Gasteiger partial charge is 0.482 e. The van der Waals surface area contributed by atoms with E-state index in [0.717, 1.165) is 24.2 Å². The molecule has 2 aliphatic rings. The Balaban J connectivity index is 1.40. The molecule has 1 fully saturated rings. The van der Waals surface area contributed by atoms with Gasteiger partial charge in [-0.1, -0.05) is 47.5 Å². The lowest BCUT2D eigenvalue weighted by atomic mass is 10.0. The molecular formula is C30H30Cl2N4O6. The number of carbonyl (C=O) groups is 3. The standard InChI is InChI=1S/C30H30Cl2N4O6/c1-34(28(37)17-36-25-14-22(31)23(32)15-27(25)42-18-29(36)38)26(16-35-9-11-41-12-10-35)20-5-3-19(4-6-20)24-13-21(7-8-33-24)30(39)40-2/h3-8,13-15,26H,9-12,16-18H2,1-2H3. The van der Waals surface area contributed by atoms with Crippen molar-refractivity contribution < 1.29 is 28.6 Å². The molecule has 3 heterocycles. The third-order valence-electron chi connectivity index (χ3n) is 7.41. The van der Waals surface area contributed by atoms with Crippen LogP contribution in [-0.2, 0) is 19.1 Å². The van der Waals surface area contributed by atoms with E-state index in [1.807, 2.05) is 24.3 Å². The second-order valence-corrected chi connectivity index (χ2v) is 10.8. The number of fused-ring (bicyclic) bond motifs is 1. The van der Waals surface area contributed by atoms with Gasteiger partial charge in [0.2, 0.25) is 5.91 Å². The first-order chi connectivity index (χ1) is 20.2. The maximum Gasteiger partial charge on any atom is 0.337 e. The van der Waals surface area contributed by atoms with Gasteiger partial charge < -0.3 is 19.1 Å². The first kappa shape index (κ1) is 29.8. The molecule has 1 saturated heterocycles. The second-order valence-electron chi connectivity index (χ2n) is 9.98. The van der Waals surface area contributed by atoms with Crippen molar-refractivity contribution in [1.29, 1.82) is 0 Å². The van der Waals surface area contributed by atoms with Crippen molar-refractivity contribution in [1.82, 2.24) is 14.8 Å². The van der Waals surface area contributed by atoms with Crippen LogP contribution in [0.5, 0.6) is 5.75 Å². The molecule has 3 aromatic rings. The number of esters is 1. The highest BCUT2D eigenvalue weighted by atomic mass is 35.5. The van der Waals surface area contributed by atoms with Gasteiger partial charge >= 0.3 is 5.97 Å². The smallest absolute Gasteiger partial charge is 0.337 e. The number of likely N-dealkylation sites (N-methyl/N-ethyl adjacent to an activating group) is 1. The summed E-state index contributed by atoms with van der Waals surface area (Å²) in [5.41, 5.74) is 3.16. The zero-order chi connectivity index (χ0) is 29.8. The van der Waals surface area contributed by atoms with Crippen LogP contribution in [0.4, 0.5) is 5.69 Å². The van der Waals surface area contributed by atoms with E-state index in [9.17, 15) is 14.4 Å². The van der Waals surface area contributed by atoms with Crippen LogP contribution in [0.15, 0.2) is 54.7 Å². The van der Waals surface area contributed by atoms with Crippen molar-refractivity contribution in [3.63, 3.8) is 0 Å². The SMILES string of the molecule is COC(=O)c1ccnc(-c2ccc(C(CN3CCOCC3)N(C)C(=O)CN3C(=O)COc4cc(Cl)c(Cl)cc43)cc2)c1. The van der Waals surface area contributed by atoms with E-state index in [1.54, 1.807) is 36.3 Å². The number of morpholine rings is 1. The average molecular weight is 613 g/mol. The summed E-state index contributed by atoms with van der Waals surface area (Å²) < 4.78 is 15.9. The Kier molecular flexibility index (Phi) is 9.27. The number of anilines is 1. The van der Waals surface area contributed by atoms with Crippen LogP contribution in [0.3, 0.4) is 0 Å². The molecule has 5 rings (SSSR count). The first-order valence-electron chi connectivity index (χ1n) is 13.4. The van der Waals surface area contributed by atoms with Crippen LogP contribution in [0, 0.1) is 0 Å². The third kappa shape index (κ3) is 6.52. The summed E-state index contributed by atoms with van der Waals surface area (Å²) in [7, 11) is 3.07. The zero-order valence-electron chi connectivity index (χ0n) is 23.2. The number of carbonyl (C=O) groups excluding carboxylic acids is 3. The van der Waals surface area contributed by atoms with Crippen molar-refractivity contribution >= 4 is 46.7 Å². The van der Waals surface area contributed by atoms with Crippen LogP contribution in [0.1, 0.15) is 22.0 Å². The zero-order valence-corrected chi connectivity index (χ0v) is 24.7. The summed E-state index contributed by atoms with van der Waals surface area (Å²) >= 11 is 12.4. The quantitative estimate of drug-likeness (QED) is 0.350. The molecule has 2 amide bonds. The van der Waals surface area contributed by atoms with Crippen molar-refractivity contribution in [2.24, 2.45) is 0 Å². The van der Waals surface area contributed by atoms with Crippen LogP contribution in [0.2, 0.25) is 10.0 Å².